The normalized spacial score (nSPS) is 16.9. The summed E-state index contributed by atoms with van der Waals surface area (Å²) >= 11 is 0. The van der Waals surface area contributed by atoms with Crippen molar-refractivity contribution in [2.24, 2.45) is 5.41 Å². The van der Waals surface area contributed by atoms with Crippen LogP contribution in [0.25, 0.3) is 0 Å². The molecule has 0 unspecified atom stereocenters. The van der Waals surface area contributed by atoms with Crippen molar-refractivity contribution in [2.75, 3.05) is 31.3 Å². The van der Waals surface area contributed by atoms with Crippen LogP contribution in [0.4, 0.5) is 11.4 Å². The number of aliphatic hydroxyl groups excluding tert-OH is 1. The van der Waals surface area contributed by atoms with Gasteiger partial charge in [0.15, 0.2) is 0 Å². The highest BCUT2D eigenvalue weighted by Gasteiger charge is 2.41. The van der Waals surface area contributed by atoms with Gasteiger partial charge in [-0.25, -0.2) is 0 Å². The monoisotopic (exact) mass is 222 g/mol. The third-order valence-corrected chi connectivity index (χ3v) is 3.21. The Morgan fingerprint density at radius 2 is 2.25 bits per heavy atom. The first-order chi connectivity index (χ1) is 7.69. The molecule has 1 aromatic rings. The van der Waals surface area contributed by atoms with Crippen LogP contribution >= 0.6 is 0 Å². The zero-order valence-corrected chi connectivity index (χ0v) is 9.49. The van der Waals surface area contributed by atoms with E-state index < -0.39 is 0 Å². The zero-order chi connectivity index (χ0) is 11.6. The molecule has 1 fully saturated rings. The zero-order valence-electron chi connectivity index (χ0n) is 9.49. The average molecular weight is 222 g/mol. The van der Waals surface area contributed by atoms with Crippen LogP contribution in [0, 0.1) is 5.41 Å². The Balaban J connectivity index is 1.99. The minimum absolute atomic E-state index is 0.0897. The van der Waals surface area contributed by atoms with Crippen LogP contribution in [-0.2, 0) is 0 Å². The van der Waals surface area contributed by atoms with E-state index in [1.54, 1.807) is 13.2 Å². The third kappa shape index (κ3) is 2.22. The Morgan fingerprint density at radius 1 is 1.50 bits per heavy atom. The van der Waals surface area contributed by atoms with Crippen LogP contribution in [0.2, 0.25) is 0 Å². The SMILES string of the molecule is COc1ccc(NCC2(CO)CC2)c(N)c1. The lowest BCUT2D eigenvalue weighted by atomic mass is 10.1. The van der Waals surface area contributed by atoms with E-state index in [0.29, 0.717) is 5.69 Å². The van der Waals surface area contributed by atoms with Gasteiger partial charge in [-0.15, -0.1) is 0 Å². The summed E-state index contributed by atoms with van der Waals surface area (Å²) in [6, 6.07) is 5.57. The Morgan fingerprint density at radius 3 is 2.75 bits per heavy atom. The summed E-state index contributed by atoms with van der Waals surface area (Å²) in [7, 11) is 1.62. The summed E-state index contributed by atoms with van der Waals surface area (Å²) in [6.07, 6.45) is 2.18. The predicted molar refractivity (Wildman–Crippen MR) is 64.6 cm³/mol. The quantitative estimate of drug-likeness (QED) is 0.660. The van der Waals surface area contributed by atoms with Gasteiger partial charge < -0.3 is 20.9 Å². The summed E-state index contributed by atoms with van der Waals surface area (Å²) in [6.45, 7) is 1.02. The second-order valence-electron chi connectivity index (χ2n) is 4.46. The molecule has 0 heterocycles. The van der Waals surface area contributed by atoms with Crippen LogP contribution in [0.1, 0.15) is 12.8 Å². The molecule has 1 aliphatic rings. The van der Waals surface area contributed by atoms with Crippen molar-refractivity contribution in [3.63, 3.8) is 0 Å². The van der Waals surface area contributed by atoms with Gasteiger partial charge in [0, 0.05) is 18.0 Å². The highest BCUT2D eigenvalue weighted by molar-refractivity contribution is 5.68. The number of anilines is 2. The van der Waals surface area contributed by atoms with E-state index in [9.17, 15) is 5.11 Å². The second-order valence-corrected chi connectivity index (χ2v) is 4.46. The maximum Gasteiger partial charge on any atom is 0.121 e. The number of aliphatic hydroxyl groups is 1. The van der Waals surface area contributed by atoms with Gasteiger partial charge in [-0.05, 0) is 25.0 Å². The van der Waals surface area contributed by atoms with Gasteiger partial charge in [0.1, 0.15) is 5.75 Å². The van der Waals surface area contributed by atoms with E-state index in [2.05, 4.69) is 5.32 Å². The highest BCUT2D eigenvalue weighted by atomic mass is 16.5. The number of rotatable bonds is 5. The van der Waals surface area contributed by atoms with Crippen molar-refractivity contribution in [3.05, 3.63) is 18.2 Å². The fraction of sp³-hybridized carbons (Fsp3) is 0.500. The summed E-state index contributed by atoms with van der Waals surface area (Å²) in [5.41, 5.74) is 7.55. The molecular weight excluding hydrogens is 204 g/mol. The first kappa shape index (κ1) is 11.1. The molecule has 1 saturated carbocycles. The lowest BCUT2D eigenvalue weighted by molar-refractivity contribution is 0.220. The summed E-state index contributed by atoms with van der Waals surface area (Å²) < 4.78 is 5.08. The second kappa shape index (κ2) is 4.22. The van der Waals surface area contributed by atoms with Crippen molar-refractivity contribution >= 4 is 11.4 Å². The molecule has 0 aromatic heterocycles. The molecule has 4 nitrogen and oxygen atoms in total. The topological polar surface area (TPSA) is 67.5 Å². The summed E-state index contributed by atoms with van der Waals surface area (Å²) in [5, 5.41) is 12.5. The molecule has 2 rings (SSSR count). The Bertz CT molecular complexity index is 375. The number of nitrogens with one attached hydrogen (secondary N) is 1. The number of benzene rings is 1. The molecule has 0 radical (unpaired) electrons. The lowest BCUT2D eigenvalue weighted by Gasteiger charge is -2.15. The average Bonchev–Trinajstić information content (AvgIpc) is 3.08. The standard InChI is InChI=1S/C12H18N2O2/c1-16-9-2-3-11(10(13)6-9)14-7-12(8-15)4-5-12/h2-3,6,14-15H,4-5,7-8,13H2,1H3. The molecule has 1 aliphatic carbocycles. The Hall–Kier alpha value is -1.42. The van der Waals surface area contributed by atoms with Gasteiger partial charge in [-0.1, -0.05) is 0 Å². The number of hydrogen-bond acceptors (Lipinski definition) is 4. The number of ether oxygens (including phenoxy) is 1. The molecule has 0 amide bonds. The predicted octanol–water partition coefficient (Wildman–Crippen LogP) is 1.46. The first-order valence-corrected chi connectivity index (χ1v) is 5.47. The molecular formula is C12H18N2O2. The van der Waals surface area contributed by atoms with Gasteiger partial charge in [0.05, 0.1) is 25.1 Å². The van der Waals surface area contributed by atoms with Crippen LogP contribution in [0.5, 0.6) is 5.75 Å². The van der Waals surface area contributed by atoms with Gasteiger partial charge >= 0.3 is 0 Å². The maximum absolute atomic E-state index is 9.19. The van der Waals surface area contributed by atoms with E-state index in [4.69, 9.17) is 10.5 Å². The summed E-state index contributed by atoms with van der Waals surface area (Å²) in [4.78, 5) is 0. The molecule has 1 aromatic carbocycles. The van der Waals surface area contributed by atoms with Crippen molar-refractivity contribution in [3.8, 4) is 5.75 Å². The van der Waals surface area contributed by atoms with E-state index in [1.807, 2.05) is 12.1 Å². The van der Waals surface area contributed by atoms with Crippen LogP contribution in [0.3, 0.4) is 0 Å². The van der Waals surface area contributed by atoms with Gasteiger partial charge in [0.25, 0.3) is 0 Å². The smallest absolute Gasteiger partial charge is 0.121 e. The largest absolute Gasteiger partial charge is 0.497 e. The fourth-order valence-electron chi connectivity index (χ4n) is 1.68. The number of nitrogen functional groups attached to an aromatic ring is 1. The molecule has 88 valence electrons. The van der Waals surface area contributed by atoms with Gasteiger partial charge in [0.2, 0.25) is 0 Å². The number of hydrogen-bond donors (Lipinski definition) is 3. The third-order valence-electron chi connectivity index (χ3n) is 3.21. The molecule has 0 atom stereocenters. The highest BCUT2D eigenvalue weighted by Crippen LogP contribution is 2.45. The minimum atomic E-state index is 0.0897. The maximum atomic E-state index is 9.19. The van der Waals surface area contributed by atoms with Crippen molar-refractivity contribution in [1.82, 2.24) is 0 Å². The number of methoxy groups -OCH3 is 1. The molecule has 4 N–H and O–H groups in total. The van der Waals surface area contributed by atoms with Gasteiger partial charge in [-0.3, -0.25) is 0 Å². The Kier molecular flexibility index (Phi) is 2.92. The van der Waals surface area contributed by atoms with Crippen molar-refractivity contribution in [2.45, 2.75) is 12.8 Å². The van der Waals surface area contributed by atoms with Crippen molar-refractivity contribution < 1.29 is 9.84 Å². The fourth-order valence-corrected chi connectivity index (χ4v) is 1.68. The van der Waals surface area contributed by atoms with Gasteiger partial charge in [-0.2, -0.15) is 0 Å². The lowest BCUT2D eigenvalue weighted by Crippen LogP contribution is -2.19. The molecule has 4 heteroatoms. The van der Waals surface area contributed by atoms with E-state index in [-0.39, 0.29) is 12.0 Å². The van der Waals surface area contributed by atoms with Crippen LogP contribution < -0.4 is 15.8 Å². The van der Waals surface area contributed by atoms with Crippen LogP contribution in [0.15, 0.2) is 18.2 Å². The Labute approximate surface area is 95.4 Å². The summed E-state index contributed by atoms with van der Waals surface area (Å²) in [5.74, 6) is 0.756. The molecule has 0 spiro atoms. The minimum Gasteiger partial charge on any atom is -0.497 e. The van der Waals surface area contributed by atoms with Crippen molar-refractivity contribution in [1.29, 1.82) is 0 Å². The molecule has 16 heavy (non-hydrogen) atoms. The number of nitrogens with two attached hydrogens (primary N) is 1. The van der Waals surface area contributed by atoms with E-state index in [1.165, 1.54) is 0 Å². The van der Waals surface area contributed by atoms with Crippen LogP contribution in [-0.4, -0.2) is 25.4 Å². The van der Waals surface area contributed by atoms with E-state index in [0.717, 1.165) is 30.8 Å². The van der Waals surface area contributed by atoms with E-state index >= 15 is 0 Å². The molecule has 0 bridgehead atoms. The first-order valence-electron chi connectivity index (χ1n) is 5.47. The molecule has 0 saturated heterocycles. The molecule has 0 aliphatic heterocycles.